The molecular formula is C20H18ClF4N3O3. The van der Waals surface area contributed by atoms with E-state index in [0.717, 1.165) is 12.1 Å². The largest absolute Gasteiger partial charge is 0.484 e. The van der Waals surface area contributed by atoms with Gasteiger partial charge in [0, 0.05) is 18.8 Å². The fraction of sp³-hybridized carbons (Fsp3) is 0.300. The maximum absolute atomic E-state index is 13.0. The molecule has 0 unspecified atom stereocenters. The number of ether oxygens (including phenoxy) is 1. The standard InChI is InChI=1S/C20H18ClF4N3O3/c1-12-9-18(20(23,24)25)27-28(12)8-2-7-26-19(29)17-6-4-14(31-17)11-30-16-5-3-13(22)10-15(16)21/h3-6,9-10H,2,7-8,11H2,1H3,(H,26,29). The number of alkyl halides is 3. The van der Waals surface area contributed by atoms with Gasteiger partial charge in [0.1, 0.15) is 23.9 Å². The van der Waals surface area contributed by atoms with Gasteiger partial charge in [-0.15, -0.1) is 0 Å². The molecule has 0 saturated heterocycles. The van der Waals surface area contributed by atoms with Gasteiger partial charge >= 0.3 is 6.18 Å². The summed E-state index contributed by atoms with van der Waals surface area (Å²) in [6.07, 6.45) is -4.11. The molecule has 11 heteroatoms. The van der Waals surface area contributed by atoms with Crippen LogP contribution in [0, 0.1) is 12.7 Å². The van der Waals surface area contributed by atoms with E-state index in [1.165, 1.54) is 29.8 Å². The monoisotopic (exact) mass is 459 g/mol. The number of carbonyl (C=O) groups excluding carboxylic acids is 1. The molecule has 0 atom stereocenters. The summed E-state index contributed by atoms with van der Waals surface area (Å²) in [5.41, 5.74) is -0.558. The van der Waals surface area contributed by atoms with Crippen LogP contribution in [0.4, 0.5) is 17.6 Å². The van der Waals surface area contributed by atoms with Crippen molar-refractivity contribution in [2.45, 2.75) is 32.7 Å². The molecule has 0 radical (unpaired) electrons. The molecule has 0 fully saturated rings. The summed E-state index contributed by atoms with van der Waals surface area (Å²) in [5.74, 6) is -0.277. The summed E-state index contributed by atoms with van der Waals surface area (Å²) >= 11 is 5.88. The van der Waals surface area contributed by atoms with Crippen LogP contribution in [0.1, 0.15) is 34.1 Å². The molecule has 1 N–H and O–H groups in total. The minimum Gasteiger partial charge on any atom is -0.484 e. The van der Waals surface area contributed by atoms with Crippen LogP contribution in [-0.4, -0.2) is 22.2 Å². The molecule has 3 aromatic rings. The molecule has 0 aliphatic heterocycles. The number of hydrogen-bond donors (Lipinski definition) is 1. The quantitative estimate of drug-likeness (QED) is 0.380. The van der Waals surface area contributed by atoms with E-state index in [1.54, 1.807) is 6.07 Å². The molecule has 2 heterocycles. The number of aryl methyl sites for hydroxylation is 2. The molecule has 0 aliphatic carbocycles. The molecule has 1 aromatic carbocycles. The minimum atomic E-state index is -4.49. The van der Waals surface area contributed by atoms with E-state index in [2.05, 4.69) is 10.4 Å². The van der Waals surface area contributed by atoms with Crippen molar-refractivity contribution in [3.05, 3.63) is 70.1 Å². The van der Waals surface area contributed by atoms with Crippen LogP contribution in [0.25, 0.3) is 0 Å². The smallest absolute Gasteiger partial charge is 0.435 e. The van der Waals surface area contributed by atoms with Crippen LogP contribution in [0.15, 0.2) is 40.8 Å². The van der Waals surface area contributed by atoms with Crippen LogP contribution >= 0.6 is 11.6 Å². The maximum atomic E-state index is 13.0. The second kappa shape index (κ2) is 9.42. The first-order valence-corrected chi connectivity index (χ1v) is 9.57. The van der Waals surface area contributed by atoms with Gasteiger partial charge in [-0.2, -0.15) is 18.3 Å². The Balaban J connectivity index is 1.45. The van der Waals surface area contributed by atoms with Gasteiger partial charge in [0.05, 0.1) is 5.02 Å². The van der Waals surface area contributed by atoms with Crippen molar-refractivity contribution in [1.82, 2.24) is 15.1 Å². The Morgan fingerprint density at radius 3 is 2.71 bits per heavy atom. The van der Waals surface area contributed by atoms with Crippen molar-refractivity contribution in [3.63, 3.8) is 0 Å². The van der Waals surface area contributed by atoms with Crippen molar-refractivity contribution in [2.24, 2.45) is 0 Å². The number of carbonyl (C=O) groups is 1. The summed E-state index contributed by atoms with van der Waals surface area (Å²) in [6.45, 7) is 1.96. The SMILES string of the molecule is Cc1cc(C(F)(F)F)nn1CCCNC(=O)c1ccc(COc2ccc(F)cc2Cl)o1. The lowest BCUT2D eigenvalue weighted by Crippen LogP contribution is -2.25. The van der Waals surface area contributed by atoms with Crippen LogP contribution in [-0.2, 0) is 19.3 Å². The van der Waals surface area contributed by atoms with Crippen molar-refractivity contribution in [1.29, 1.82) is 0 Å². The van der Waals surface area contributed by atoms with Gasteiger partial charge in [0.2, 0.25) is 0 Å². The van der Waals surface area contributed by atoms with E-state index in [4.69, 9.17) is 20.8 Å². The number of furan rings is 1. The molecule has 166 valence electrons. The average molecular weight is 460 g/mol. The van der Waals surface area contributed by atoms with Gasteiger partial charge in [-0.1, -0.05) is 11.6 Å². The lowest BCUT2D eigenvalue weighted by atomic mass is 10.3. The predicted octanol–water partition coefficient (Wildman–Crippen LogP) is 4.99. The number of nitrogens with zero attached hydrogens (tertiary/aromatic N) is 2. The first-order chi connectivity index (χ1) is 14.6. The van der Waals surface area contributed by atoms with Crippen molar-refractivity contribution < 1.29 is 31.5 Å². The van der Waals surface area contributed by atoms with E-state index >= 15 is 0 Å². The third kappa shape index (κ3) is 6.00. The highest BCUT2D eigenvalue weighted by Gasteiger charge is 2.34. The van der Waals surface area contributed by atoms with Gasteiger partial charge < -0.3 is 14.5 Å². The predicted molar refractivity (Wildman–Crippen MR) is 103 cm³/mol. The fourth-order valence-electron chi connectivity index (χ4n) is 2.71. The number of hydrogen-bond acceptors (Lipinski definition) is 4. The zero-order chi connectivity index (χ0) is 22.6. The van der Waals surface area contributed by atoms with E-state index in [0.29, 0.717) is 17.9 Å². The normalized spacial score (nSPS) is 11.5. The molecule has 0 bridgehead atoms. The zero-order valence-corrected chi connectivity index (χ0v) is 17.1. The number of nitrogens with one attached hydrogen (secondary N) is 1. The molecule has 0 aliphatic rings. The Kier molecular flexibility index (Phi) is 6.89. The first-order valence-electron chi connectivity index (χ1n) is 9.20. The van der Waals surface area contributed by atoms with Crippen molar-refractivity contribution in [2.75, 3.05) is 6.54 Å². The van der Waals surface area contributed by atoms with Gasteiger partial charge in [-0.05, 0) is 49.7 Å². The highest BCUT2D eigenvalue weighted by molar-refractivity contribution is 6.32. The van der Waals surface area contributed by atoms with Crippen LogP contribution in [0.2, 0.25) is 5.02 Å². The molecule has 2 aromatic heterocycles. The fourth-order valence-corrected chi connectivity index (χ4v) is 2.93. The third-order valence-corrected chi connectivity index (χ3v) is 4.55. The van der Waals surface area contributed by atoms with E-state index < -0.39 is 23.6 Å². The summed E-state index contributed by atoms with van der Waals surface area (Å²) in [5, 5.41) is 6.27. The summed E-state index contributed by atoms with van der Waals surface area (Å²) in [4.78, 5) is 12.2. The topological polar surface area (TPSA) is 69.3 Å². The number of aromatic nitrogens is 2. The Labute approximate surface area is 179 Å². The molecular weight excluding hydrogens is 442 g/mol. The summed E-state index contributed by atoms with van der Waals surface area (Å²) < 4.78 is 63.2. The van der Waals surface area contributed by atoms with Gasteiger partial charge in [0.15, 0.2) is 11.5 Å². The highest BCUT2D eigenvalue weighted by atomic mass is 35.5. The highest BCUT2D eigenvalue weighted by Crippen LogP contribution is 2.28. The van der Waals surface area contributed by atoms with Gasteiger partial charge in [0.25, 0.3) is 5.91 Å². The molecule has 31 heavy (non-hydrogen) atoms. The third-order valence-electron chi connectivity index (χ3n) is 4.25. The number of amides is 1. The first kappa shape index (κ1) is 22.7. The van der Waals surface area contributed by atoms with E-state index in [9.17, 15) is 22.4 Å². The lowest BCUT2D eigenvalue weighted by molar-refractivity contribution is -0.141. The van der Waals surface area contributed by atoms with Crippen LogP contribution in [0.3, 0.4) is 0 Å². The van der Waals surface area contributed by atoms with E-state index in [1.807, 2.05) is 0 Å². The maximum Gasteiger partial charge on any atom is 0.435 e. The molecule has 3 rings (SSSR count). The number of halogens is 5. The van der Waals surface area contributed by atoms with Crippen molar-refractivity contribution >= 4 is 17.5 Å². The van der Waals surface area contributed by atoms with E-state index in [-0.39, 0.29) is 36.2 Å². The second-order valence-corrected chi connectivity index (χ2v) is 7.04. The molecule has 0 spiro atoms. The van der Waals surface area contributed by atoms with Crippen LogP contribution < -0.4 is 10.1 Å². The Hall–Kier alpha value is -3.01. The summed E-state index contributed by atoms with van der Waals surface area (Å²) in [7, 11) is 0. The molecule has 0 saturated carbocycles. The Bertz CT molecular complexity index is 1060. The Morgan fingerprint density at radius 2 is 2.03 bits per heavy atom. The number of rotatable bonds is 8. The molecule has 1 amide bonds. The average Bonchev–Trinajstić information content (AvgIpc) is 3.31. The van der Waals surface area contributed by atoms with Gasteiger partial charge in [-0.3, -0.25) is 9.48 Å². The number of benzene rings is 1. The van der Waals surface area contributed by atoms with Gasteiger partial charge in [-0.25, -0.2) is 4.39 Å². The summed E-state index contributed by atoms with van der Waals surface area (Å²) in [6, 6.07) is 7.70. The van der Waals surface area contributed by atoms with Crippen molar-refractivity contribution in [3.8, 4) is 5.75 Å². The van der Waals surface area contributed by atoms with Crippen LogP contribution in [0.5, 0.6) is 5.75 Å². The second-order valence-electron chi connectivity index (χ2n) is 6.63. The zero-order valence-electron chi connectivity index (χ0n) is 16.3. The lowest BCUT2D eigenvalue weighted by Gasteiger charge is -2.07. The molecule has 6 nitrogen and oxygen atoms in total. The Morgan fingerprint density at radius 1 is 1.26 bits per heavy atom. The minimum absolute atomic E-state index is 0.0151.